The number of phenolic OH excluding ortho intramolecular Hbond substituents is 2. The minimum absolute atomic E-state index is 0. The Labute approximate surface area is 383 Å². The van der Waals surface area contributed by atoms with E-state index in [4.69, 9.17) is 8.83 Å². The second-order valence-corrected chi connectivity index (χ2v) is 16.3. The number of nitrogens with zero attached hydrogens (tertiary/aromatic N) is 2. The Morgan fingerprint density at radius 3 is 0.923 bits per heavy atom. The predicted molar refractivity (Wildman–Crippen MR) is 262 cm³/mol. The fourth-order valence-corrected chi connectivity index (χ4v) is 9.97. The van der Waals surface area contributed by atoms with Crippen molar-refractivity contribution in [2.75, 3.05) is 0 Å². The first-order chi connectivity index (χ1) is 31.6. The topological polar surface area (TPSA) is 92.5 Å². The van der Waals surface area contributed by atoms with Gasteiger partial charge in [-0.15, -0.1) is 0 Å². The Kier molecular flexibility index (Phi) is 8.90. The van der Waals surface area contributed by atoms with Crippen LogP contribution in [0.3, 0.4) is 0 Å². The number of pyridine rings is 2. The zero-order valence-corrected chi connectivity index (χ0v) is 37.8. The van der Waals surface area contributed by atoms with Crippen LogP contribution in [-0.4, -0.2) is 20.2 Å². The van der Waals surface area contributed by atoms with E-state index in [0.717, 1.165) is 43.5 Å². The number of aromatic nitrogens is 2. The third kappa shape index (κ3) is 5.90. The van der Waals surface area contributed by atoms with Gasteiger partial charge in [0.25, 0.3) is 0 Å². The van der Waals surface area contributed by atoms with E-state index in [1.165, 1.54) is 53.9 Å². The molecule has 2 N–H and O–H groups in total. The SMILES string of the molecule is Oc1ccc2c(oc3cc4c5ccccc5c5ccccc5c4cc32)c1-c1ccccn1.Oc1ccc2c(oc3cc4c5ccccc5c5ccccc5c4cc32)c1-c1ccccn1.[Zn]. The van der Waals surface area contributed by atoms with Crippen molar-refractivity contribution in [3.05, 3.63) is 194 Å². The van der Waals surface area contributed by atoms with Crippen molar-refractivity contribution in [1.82, 2.24) is 9.97 Å². The molecule has 0 aliphatic carbocycles. The van der Waals surface area contributed by atoms with E-state index in [0.29, 0.717) is 33.7 Å². The second kappa shape index (κ2) is 15.0. The zero-order valence-electron chi connectivity index (χ0n) is 34.8. The minimum atomic E-state index is 0. The van der Waals surface area contributed by atoms with E-state index in [2.05, 4.69) is 131 Å². The maximum atomic E-state index is 10.7. The third-order valence-corrected chi connectivity index (χ3v) is 12.8. The molecular formula is C58H34N2O4Zn. The quantitative estimate of drug-likeness (QED) is 0.133. The summed E-state index contributed by atoms with van der Waals surface area (Å²) in [6, 6.07) is 61.5. The molecule has 4 heterocycles. The molecule has 0 atom stereocenters. The van der Waals surface area contributed by atoms with Gasteiger partial charge in [-0.3, -0.25) is 9.97 Å². The summed E-state index contributed by atoms with van der Waals surface area (Å²) in [5.74, 6) is 0.325. The van der Waals surface area contributed by atoms with Gasteiger partial charge < -0.3 is 19.0 Å². The summed E-state index contributed by atoms with van der Waals surface area (Å²) < 4.78 is 12.8. The average Bonchev–Trinajstić information content (AvgIpc) is 3.90. The second-order valence-electron chi connectivity index (χ2n) is 16.3. The number of phenols is 2. The zero-order chi connectivity index (χ0) is 42.5. The van der Waals surface area contributed by atoms with E-state index >= 15 is 0 Å². The van der Waals surface area contributed by atoms with Crippen LogP contribution in [0.25, 0.3) is 131 Å². The van der Waals surface area contributed by atoms with Gasteiger partial charge in [0.2, 0.25) is 0 Å². The van der Waals surface area contributed by atoms with E-state index < -0.39 is 0 Å². The van der Waals surface area contributed by atoms with Gasteiger partial charge in [-0.2, -0.15) is 0 Å². The van der Waals surface area contributed by atoms with Gasteiger partial charge in [-0.05, 0) is 137 Å². The number of rotatable bonds is 2. The summed E-state index contributed by atoms with van der Waals surface area (Å²) in [5.41, 5.74) is 5.54. The minimum Gasteiger partial charge on any atom is -0.507 e. The molecule has 6 nitrogen and oxygen atoms in total. The van der Waals surface area contributed by atoms with Crippen LogP contribution < -0.4 is 0 Å². The van der Waals surface area contributed by atoms with E-state index in [1.54, 1.807) is 24.5 Å². The Hall–Kier alpha value is -8.12. The van der Waals surface area contributed by atoms with Crippen LogP contribution >= 0.6 is 0 Å². The van der Waals surface area contributed by atoms with Crippen molar-refractivity contribution in [2.24, 2.45) is 0 Å². The van der Waals surface area contributed by atoms with E-state index in [1.807, 2.05) is 48.5 Å². The molecule has 4 aromatic heterocycles. The van der Waals surface area contributed by atoms with Gasteiger partial charge in [-0.1, -0.05) is 109 Å². The van der Waals surface area contributed by atoms with Gasteiger partial charge in [0.15, 0.2) is 0 Å². The Morgan fingerprint density at radius 1 is 0.292 bits per heavy atom. The summed E-state index contributed by atoms with van der Waals surface area (Å²) in [5, 5.41) is 39.9. The smallest absolute Gasteiger partial charge is 0.148 e. The number of benzene rings is 10. The fraction of sp³-hybridized carbons (Fsp3) is 0. The number of furan rings is 2. The van der Waals surface area contributed by atoms with Gasteiger partial charge >= 0.3 is 0 Å². The largest absolute Gasteiger partial charge is 0.507 e. The molecule has 302 valence electrons. The van der Waals surface area contributed by atoms with E-state index in [9.17, 15) is 10.2 Å². The summed E-state index contributed by atoms with van der Waals surface area (Å²) in [4.78, 5) is 8.89. The average molecular weight is 888 g/mol. The molecule has 0 saturated carbocycles. The maximum Gasteiger partial charge on any atom is 0.148 e. The van der Waals surface area contributed by atoms with Crippen LogP contribution in [0.15, 0.2) is 203 Å². The van der Waals surface area contributed by atoms with Gasteiger partial charge in [-0.25, -0.2) is 0 Å². The number of hydrogen-bond acceptors (Lipinski definition) is 6. The summed E-state index contributed by atoms with van der Waals surface area (Å²) in [7, 11) is 0. The van der Waals surface area contributed by atoms with E-state index in [-0.39, 0.29) is 31.0 Å². The predicted octanol–water partition coefficient (Wildman–Crippen LogP) is 15.6. The Bertz CT molecular complexity index is 3950. The molecule has 7 heteroatoms. The molecule has 0 spiro atoms. The van der Waals surface area contributed by atoms with Crippen LogP contribution in [0.4, 0.5) is 0 Å². The molecule has 0 radical (unpaired) electrons. The monoisotopic (exact) mass is 886 g/mol. The van der Waals surface area contributed by atoms with Crippen molar-refractivity contribution in [1.29, 1.82) is 0 Å². The maximum absolute atomic E-state index is 10.7. The normalized spacial score (nSPS) is 11.7. The van der Waals surface area contributed by atoms with Gasteiger partial charge in [0, 0.05) is 53.4 Å². The molecule has 0 aliphatic heterocycles. The molecule has 0 fully saturated rings. The van der Waals surface area contributed by atoms with Gasteiger partial charge in [0.1, 0.15) is 33.8 Å². The number of fused-ring (bicyclic) bond motifs is 18. The van der Waals surface area contributed by atoms with Crippen LogP contribution in [0.5, 0.6) is 11.5 Å². The molecule has 14 rings (SSSR count). The molecule has 65 heavy (non-hydrogen) atoms. The first-order valence-corrected chi connectivity index (χ1v) is 21.2. The summed E-state index contributed by atoms with van der Waals surface area (Å²) in [6.07, 6.45) is 3.45. The first kappa shape index (κ1) is 38.5. The summed E-state index contributed by atoms with van der Waals surface area (Å²) >= 11 is 0. The number of hydrogen-bond donors (Lipinski definition) is 2. The fourth-order valence-electron chi connectivity index (χ4n) is 9.97. The molecule has 0 bridgehead atoms. The molecule has 10 aromatic carbocycles. The van der Waals surface area contributed by atoms with Crippen molar-refractivity contribution < 1.29 is 38.5 Å². The van der Waals surface area contributed by atoms with Gasteiger partial charge in [0.05, 0.1) is 22.5 Å². The van der Waals surface area contributed by atoms with Crippen molar-refractivity contribution >= 4 is 109 Å². The summed E-state index contributed by atoms with van der Waals surface area (Å²) in [6.45, 7) is 0. The Balaban J connectivity index is 0.000000135. The first-order valence-electron chi connectivity index (χ1n) is 21.2. The molecule has 0 aliphatic rings. The van der Waals surface area contributed by atoms with Crippen LogP contribution in [0.1, 0.15) is 0 Å². The van der Waals surface area contributed by atoms with Crippen molar-refractivity contribution in [3.63, 3.8) is 0 Å². The third-order valence-electron chi connectivity index (χ3n) is 12.8. The van der Waals surface area contributed by atoms with Crippen LogP contribution in [0, 0.1) is 0 Å². The van der Waals surface area contributed by atoms with Crippen LogP contribution in [0.2, 0.25) is 0 Å². The molecule has 0 saturated heterocycles. The number of aromatic hydroxyl groups is 2. The Morgan fingerprint density at radius 2 is 0.600 bits per heavy atom. The van der Waals surface area contributed by atoms with Crippen molar-refractivity contribution in [3.8, 4) is 34.0 Å². The molecule has 0 unspecified atom stereocenters. The molecular weight excluding hydrogens is 854 g/mol. The van der Waals surface area contributed by atoms with Crippen LogP contribution in [-0.2, 0) is 19.5 Å². The standard InChI is InChI=1S/2C29H17NO2.Zn/c2*31-26-13-12-21-24-15-22-19-9-3-1-7-17(19)18-8-2-4-10-20(18)23(22)16-27(24)32-29(21)28(26)25-11-5-6-14-30-25;/h2*1-16,31H;. The molecule has 14 aromatic rings. The molecule has 0 amide bonds. The van der Waals surface area contributed by atoms with Crippen molar-refractivity contribution in [2.45, 2.75) is 0 Å².